The molecular weight excluding hydrogens is 514 g/mol. The number of amides is 2. The van der Waals surface area contributed by atoms with Crippen molar-refractivity contribution in [1.29, 1.82) is 0 Å². The smallest absolute Gasteiger partial charge is 0.251 e. The van der Waals surface area contributed by atoms with Gasteiger partial charge in [-0.2, -0.15) is 0 Å². The van der Waals surface area contributed by atoms with E-state index in [0.29, 0.717) is 27.5 Å². The third-order valence-electron chi connectivity index (χ3n) is 6.32. The molecule has 0 aliphatic carbocycles. The fourth-order valence-electron chi connectivity index (χ4n) is 4.36. The average molecular weight is 540 g/mol. The van der Waals surface area contributed by atoms with Gasteiger partial charge in [0, 0.05) is 17.3 Å². The number of carbonyl (C=O) groups excluding carboxylic acids is 2. The van der Waals surface area contributed by atoms with E-state index in [1.807, 2.05) is 66.7 Å². The predicted octanol–water partition coefficient (Wildman–Crippen LogP) is 5.50. The molecule has 1 unspecified atom stereocenters. The van der Waals surface area contributed by atoms with Crippen LogP contribution in [0.2, 0.25) is 5.02 Å². The normalized spacial score (nSPS) is 11.6. The molecule has 0 saturated heterocycles. The molecule has 1 atom stereocenters. The van der Waals surface area contributed by atoms with Gasteiger partial charge < -0.3 is 15.0 Å². The lowest BCUT2D eigenvalue weighted by Crippen LogP contribution is -2.42. The van der Waals surface area contributed by atoms with Crippen molar-refractivity contribution in [2.24, 2.45) is 0 Å². The molecule has 2 amide bonds. The third kappa shape index (κ3) is 6.08. The van der Waals surface area contributed by atoms with Gasteiger partial charge >= 0.3 is 0 Å². The zero-order valence-electron chi connectivity index (χ0n) is 21.2. The van der Waals surface area contributed by atoms with Gasteiger partial charge in [-0.1, -0.05) is 71.4 Å². The maximum absolute atomic E-state index is 14.0. The Morgan fingerprint density at radius 2 is 1.62 bits per heavy atom. The summed E-state index contributed by atoms with van der Waals surface area (Å²) in [6.45, 7) is 0.0888. The fraction of sp³-hybridized carbons (Fsp3) is 0.133. The van der Waals surface area contributed by atoms with E-state index in [4.69, 9.17) is 16.3 Å². The number of para-hydroxylation sites is 1. The second-order valence-corrected chi connectivity index (χ2v) is 9.35. The van der Waals surface area contributed by atoms with Crippen molar-refractivity contribution in [3.63, 3.8) is 0 Å². The Balaban J connectivity index is 1.52. The number of anilines is 1. The van der Waals surface area contributed by atoms with Gasteiger partial charge in [-0.3, -0.25) is 9.59 Å². The molecule has 5 aromatic rings. The third-order valence-corrected chi connectivity index (χ3v) is 6.58. The van der Waals surface area contributed by atoms with Crippen LogP contribution >= 0.6 is 11.6 Å². The number of methoxy groups -OCH3 is 1. The van der Waals surface area contributed by atoms with Crippen molar-refractivity contribution in [2.45, 2.75) is 19.1 Å². The summed E-state index contributed by atoms with van der Waals surface area (Å²) in [6.07, 6.45) is 0. The Bertz CT molecular complexity index is 1570. The number of aromatic nitrogens is 3. The molecule has 0 aliphatic heterocycles. The van der Waals surface area contributed by atoms with Crippen molar-refractivity contribution in [2.75, 3.05) is 12.4 Å². The molecule has 0 bridgehead atoms. The molecule has 9 heteroatoms. The van der Waals surface area contributed by atoms with Gasteiger partial charge in [-0.05, 0) is 59.7 Å². The Morgan fingerprint density at radius 3 is 2.33 bits per heavy atom. The Hall–Kier alpha value is -4.69. The molecule has 0 fully saturated rings. The lowest BCUT2D eigenvalue weighted by molar-refractivity contribution is -0.140. The van der Waals surface area contributed by atoms with E-state index >= 15 is 0 Å². The van der Waals surface area contributed by atoms with Crippen LogP contribution in [0.1, 0.15) is 17.2 Å². The average Bonchev–Trinajstić information content (AvgIpc) is 3.37. The predicted molar refractivity (Wildman–Crippen MR) is 150 cm³/mol. The molecule has 0 saturated carbocycles. The van der Waals surface area contributed by atoms with Crippen molar-refractivity contribution >= 4 is 40.1 Å². The van der Waals surface area contributed by atoms with Crippen molar-refractivity contribution in [3.8, 4) is 5.75 Å². The zero-order chi connectivity index (χ0) is 27.2. The van der Waals surface area contributed by atoms with E-state index in [0.717, 1.165) is 11.1 Å². The highest BCUT2D eigenvalue weighted by atomic mass is 35.5. The van der Waals surface area contributed by atoms with Crippen LogP contribution in [0.15, 0.2) is 103 Å². The number of hydrogen-bond donors (Lipinski definition) is 1. The van der Waals surface area contributed by atoms with Crippen molar-refractivity contribution < 1.29 is 14.3 Å². The van der Waals surface area contributed by atoms with Crippen LogP contribution in [-0.2, 0) is 22.7 Å². The summed E-state index contributed by atoms with van der Waals surface area (Å²) in [4.78, 5) is 29.4. The summed E-state index contributed by atoms with van der Waals surface area (Å²) in [7, 11) is 1.58. The maximum atomic E-state index is 14.0. The second-order valence-electron chi connectivity index (χ2n) is 8.91. The van der Waals surface area contributed by atoms with Crippen molar-refractivity contribution in [3.05, 3.63) is 119 Å². The largest absolute Gasteiger partial charge is 0.497 e. The molecule has 8 nitrogen and oxygen atoms in total. The van der Waals surface area contributed by atoms with Gasteiger partial charge in [0.1, 0.15) is 23.9 Å². The molecule has 1 N–H and O–H groups in total. The van der Waals surface area contributed by atoms with Crippen LogP contribution in [0.25, 0.3) is 11.0 Å². The van der Waals surface area contributed by atoms with E-state index in [-0.39, 0.29) is 24.9 Å². The first-order chi connectivity index (χ1) is 19.0. The van der Waals surface area contributed by atoms with E-state index in [1.54, 1.807) is 53.1 Å². The lowest BCUT2D eigenvalue weighted by Gasteiger charge is -2.31. The van der Waals surface area contributed by atoms with Crippen LogP contribution in [0.4, 0.5) is 5.69 Å². The molecule has 39 heavy (non-hydrogen) atoms. The van der Waals surface area contributed by atoms with Gasteiger partial charge in [-0.15, -0.1) is 5.10 Å². The van der Waals surface area contributed by atoms with Gasteiger partial charge in [0.15, 0.2) is 0 Å². The minimum absolute atomic E-state index is 0.0900. The van der Waals surface area contributed by atoms with Crippen LogP contribution in [0.5, 0.6) is 5.75 Å². The fourth-order valence-corrected chi connectivity index (χ4v) is 4.48. The number of carbonyl (C=O) groups is 2. The first kappa shape index (κ1) is 25.9. The Kier molecular flexibility index (Phi) is 7.84. The van der Waals surface area contributed by atoms with E-state index < -0.39 is 6.04 Å². The van der Waals surface area contributed by atoms with Gasteiger partial charge in [0.2, 0.25) is 5.91 Å². The number of halogens is 1. The first-order valence-corrected chi connectivity index (χ1v) is 12.7. The second kappa shape index (κ2) is 11.8. The molecule has 196 valence electrons. The van der Waals surface area contributed by atoms with Crippen LogP contribution < -0.4 is 10.1 Å². The minimum Gasteiger partial charge on any atom is -0.497 e. The Labute approximate surface area is 230 Å². The number of rotatable bonds is 9. The van der Waals surface area contributed by atoms with E-state index in [2.05, 4.69) is 15.6 Å². The van der Waals surface area contributed by atoms with Gasteiger partial charge in [-0.25, -0.2) is 4.68 Å². The van der Waals surface area contributed by atoms with E-state index in [9.17, 15) is 9.59 Å². The zero-order valence-corrected chi connectivity index (χ0v) is 22.0. The summed E-state index contributed by atoms with van der Waals surface area (Å²) in [5, 5.41) is 11.9. The summed E-state index contributed by atoms with van der Waals surface area (Å²) in [5.74, 6) is 0.0312. The highest BCUT2D eigenvalue weighted by Crippen LogP contribution is 2.27. The highest BCUT2D eigenvalue weighted by Gasteiger charge is 2.32. The van der Waals surface area contributed by atoms with Gasteiger partial charge in [0.05, 0.1) is 12.6 Å². The number of nitrogens with zero attached hydrogens (tertiary/aromatic N) is 4. The molecule has 0 radical (unpaired) electrons. The highest BCUT2D eigenvalue weighted by molar-refractivity contribution is 6.30. The lowest BCUT2D eigenvalue weighted by atomic mass is 10.0. The van der Waals surface area contributed by atoms with Gasteiger partial charge in [0.25, 0.3) is 5.91 Å². The number of nitrogens with one attached hydrogen (secondary N) is 1. The molecule has 4 aromatic carbocycles. The topological polar surface area (TPSA) is 89.4 Å². The summed E-state index contributed by atoms with van der Waals surface area (Å²) < 4.78 is 6.78. The number of hydrogen-bond acceptors (Lipinski definition) is 5. The standard InChI is InChI=1S/C30H26ClN5O3/c1-39-25-17-15-24(16-18-25)32-30(38)29(22-7-3-2-4-8-22)35(19-21-11-13-23(31)14-12-21)28(37)20-36-27-10-6-5-9-26(27)33-34-36/h2-18,29H,19-20H2,1H3,(H,32,38). The number of fused-ring (bicyclic) bond motifs is 1. The molecule has 0 spiro atoms. The quantitative estimate of drug-likeness (QED) is 0.267. The van der Waals surface area contributed by atoms with Crippen molar-refractivity contribution in [1.82, 2.24) is 19.9 Å². The molecule has 1 aromatic heterocycles. The van der Waals surface area contributed by atoms with E-state index in [1.165, 1.54) is 0 Å². The first-order valence-electron chi connectivity index (χ1n) is 12.3. The summed E-state index contributed by atoms with van der Waals surface area (Å²) >= 11 is 6.11. The SMILES string of the molecule is COc1ccc(NC(=O)C(c2ccccc2)N(Cc2ccc(Cl)cc2)C(=O)Cn2nnc3ccccc32)cc1. The molecule has 0 aliphatic rings. The monoisotopic (exact) mass is 539 g/mol. The molecule has 1 heterocycles. The summed E-state index contributed by atoms with van der Waals surface area (Å²) in [5.41, 5.74) is 3.51. The number of ether oxygens (including phenoxy) is 1. The summed E-state index contributed by atoms with van der Waals surface area (Å²) in [6, 6.07) is 30.0. The van der Waals surface area contributed by atoms with Crippen LogP contribution in [0.3, 0.4) is 0 Å². The maximum Gasteiger partial charge on any atom is 0.251 e. The molecule has 5 rings (SSSR count). The Morgan fingerprint density at radius 1 is 0.923 bits per heavy atom. The van der Waals surface area contributed by atoms with Crippen LogP contribution in [-0.4, -0.2) is 38.8 Å². The minimum atomic E-state index is -0.925. The van der Waals surface area contributed by atoms with Crippen LogP contribution in [0, 0.1) is 0 Å². The molecular formula is C30H26ClN5O3. The number of benzene rings is 4.